The highest BCUT2D eigenvalue weighted by molar-refractivity contribution is 5.60. The average Bonchev–Trinajstić information content (AvgIpc) is 2.63. The van der Waals surface area contributed by atoms with E-state index >= 15 is 0 Å². The average molecular weight is 348 g/mol. The molecule has 2 heterocycles. The minimum atomic E-state index is -0.633. The summed E-state index contributed by atoms with van der Waals surface area (Å²) in [5.41, 5.74) is 0.757. The van der Waals surface area contributed by atoms with Crippen LogP contribution in [0.15, 0.2) is 35.5 Å². The molecule has 0 aliphatic carbocycles. The lowest BCUT2D eigenvalue weighted by Gasteiger charge is -2.24. The molecule has 1 aromatic heterocycles. The van der Waals surface area contributed by atoms with E-state index in [2.05, 4.69) is 15.0 Å². The summed E-state index contributed by atoms with van der Waals surface area (Å²) in [7, 11) is 0. The predicted octanol–water partition coefficient (Wildman–Crippen LogP) is 2.89. The van der Waals surface area contributed by atoms with Gasteiger partial charge < -0.3 is 14.4 Å². The van der Waals surface area contributed by atoms with Crippen LogP contribution in [0.3, 0.4) is 0 Å². The number of benzene rings is 1. The maximum Gasteiger partial charge on any atom is 0.319 e. The van der Waals surface area contributed by atoms with Crippen molar-refractivity contribution >= 4 is 12.2 Å². The second-order valence-corrected chi connectivity index (χ2v) is 5.53. The zero-order valence-corrected chi connectivity index (χ0v) is 13.7. The highest BCUT2D eigenvalue weighted by Gasteiger charge is 2.13. The number of rotatable bonds is 5. The molecule has 0 spiro atoms. The van der Waals surface area contributed by atoms with Crippen LogP contribution in [-0.2, 0) is 4.74 Å². The van der Waals surface area contributed by atoms with Crippen LogP contribution >= 0.6 is 0 Å². The molecule has 1 aromatic carbocycles. The molecule has 1 fully saturated rings. The van der Waals surface area contributed by atoms with Gasteiger partial charge in [-0.2, -0.15) is 4.98 Å². The maximum absolute atomic E-state index is 13.8. The summed E-state index contributed by atoms with van der Waals surface area (Å²) < 4.78 is 37.7. The van der Waals surface area contributed by atoms with Crippen molar-refractivity contribution in [3.63, 3.8) is 0 Å². The quantitative estimate of drug-likeness (QED) is 0.614. The molecule has 1 atom stereocenters. The third-order valence-electron chi connectivity index (χ3n) is 3.71. The molecule has 132 valence electrons. The first-order valence-corrected chi connectivity index (χ1v) is 7.92. The van der Waals surface area contributed by atoms with Crippen LogP contribution < -0.4 is 4.74 Å². The summed E-state index contributed by atoms with van der Waals surface area (Å²) in [5.74, 6) is -1.05. The van der Waals surface area contributed by atoms with Gasteiger partial charge in [-0.25, -0.2) is 18.8 Å². The molecule has 25 heavy (non-hydrogen) atoms. The number of hydrogen-bond acceptors (Lipinski definition) is 5. The molecule has 0 radical (unpaired) electrons. The number of hydrogen-bond donors (Lipinski definition) is 0. The van der Waals surface area contributed by atoms with Crippen LogP contribution in [0, 0.1) is 11.6 Å². The highest BCUT2D eigenvalue weighted by atomic mass is 19.1. The molecule has 0 amide bonds. The molecule has 1 aliphatic rings. The Hall–Kier alpha value is -2.61. The standard InChI is InChI=1S/C17H18F2N4O2/c1-12(13-2-4-14(18)5-3-13)25-17-20-10-15(19)16(22-17)21-11-23-6-8-24-9-7-23/h2-5,10-12H,6-9H2,1H3. The lowest BCUT2D eigenvalue weighted by Crippen LogP contribution is -2.35. The van der Waals surface area contributed by atoms with Crippen LogP contribution in [0.25, 0.3) is 0 Å². The van der Waals surface area contributed by atoms with Gasteiger partial charge in [0.05, 0.1) is 25.7 Å². The minimum Gasteiger partial charge on any atom is -0.456 e. The number of ether oxygens (including phenoxy) is 2. The van der Waals surface area contributed by atoms with E-state index in [1.54, 1.807) is 25.4 Å². The first kappa shape index (κ1) is 17.2. The molecule has 0 N–H and O–H groups in total. The molecule has 0 saturated carbocycles. The van der Waals surface area contributed by atoms with E-state index in [0.717, 1.165) is 11.8 Å². The number of aliphatic imine (C=N–C) groups is 1. The van der Waals surface area contributed by atoms with E-state index in [9.17, 15) is 8.78 Å². The Bertz CT molecular complexity index is 734. The summed E-state index contributed by atoms with van der Waals surface area (Å²) in [5, 5.41) is 0. The largest absolute Gasteiger partial charge is 0.456 e. The fourth-order valence-electron chi connectivity index (χ4n) is 2.28. The summed E-state index contributed by atoms with van der Waals surface area (Å²) in [6.07, 6.45) is 2.15. The number of morpholine rings is 1. The van der Waals surface area contributed by atoms with Crippen molar-refractivity contribution in [3.8, 4) is 6.01 Å². The lowest BCUT2D eigenvalue weighted by molar-refractivity contribution is 0.0701. The predicted molar refractivity (Wildman–Crippen MR) is 88.0 cm³/mol. The topological polar surface area (TPSA) is 59.8 Å². The second-order valence-electron chi connectivity index (χ2n) is 5.53. The molecule has 1 saturated heterocycles. The summed E-state index contributed by atoms with van der Waals surface area (Å²) in [6, 6.07) is 5.92. The zero-order valence-electron chi connectivity index (χ0n) is 13.7. The van der Waals surface area contributed by atoms with Gasteiger partial charge in [-0.3, -0.25) is 0 Å². The maximum atomic E-state index is 13.8. The Kier molecular flexibility index (Phi) is 5.49. The van der Waals surface area contributed by atoms with Crippen molar-refractivity contribution in [2.45, 2.75) is 13.0 Å². The molecule has 6 nitrogen and oxygen atoms in total. The van der Waals surface area contributed by atoms with E-state index in [1.165, 1.54) is 12.1 Å². The van der Waals surface area contributed by atoms with Crippen molar-refractivity contribution in [2.24, 2.45) is 4.99 Å². The Morgan fingerprint density at radius 1 is 1.24 bits per heavy atom. The third kappa shape index (κ3) is 4.69. The third-order valence-corrected chi connectivity index (χ3v) is 3.71. The van der Waals surface area contributed by atoms with E-state index < -0.39 is 11.9 Å². The van der Waals surface area contributed by atoms with Crippen molar-refractivity contribution < 1.29 is 18.3 Å². The Morgan fingerprint density at radius 3 is 2.68 bits per heavy atom. The highest BCUT2D eigenvalue weighted by Crippen LogP contribution is 2.22. The number of aromatic nitrogens is 2. The molecular formula is C17H18F2N4O2. The van der Waals surface area contributed by atoms with Crippen LogP contribution in [0.4, 0.5) is 14.6 Å². The summed E-state index contributed by atoms with van der Waals surface area (Å²) in [4.78, 5) is 13.8. The molecule has 8 heteroatoms. The van der Waals surface area contributed by atoms with Crippen LogP contribution in [0.5, 0.6) is 6.01 Å². The minimum absolute atomic E-state index is 0.00681. The van der Waals surface area contributed by atoms with Gasteiger partial charge in [-0.15, -0.1) is 0 Å². The summed E-state index contributed by atoms with van der Waals surface area (Å²) >= 11 is 0. The van der Waals surface area contributed by atoms with E-state index in [4.69, 9.17) is 9.47 Å². The van der Waals surface area contributed by atoms with Gasteiger partial charge in [-0.05, 0) is 24.6 Å². The van der Waals surface area contributed by atoms with Crippen LogP contribution in [0.1, 0.15) is 18.6 Å². The molecule has 1 unspecified atom stereocenters. The fraction of sp³-hybridized carbons (Fsp3) is 0.353. The number of nitrogens with zero attached hydrogens (tertiary/aromatic N) is 4. The molecule has 1 aliphatic heterocycles. The monoisotopic (exact) mass is 348 g/mol. The van der Waals surface area contributed by atoms with Crippen molar-refractivity contribution in [1.29, 1.82) is 0 Å². The van der Waals surface area contributed by atoms with E-state index in [0.29, 0.717) is 26.3 Å². The number of halogens is 2. The van der Waals surface area contributed by atoms with Crippen LogP contribution in [0.2, 0.25) is 0 Å². The van der Waals surface area contributed by atoms with Gasteiger partial charge in [-0.1, -0.05) is 12.1 Å². The van der Waals surface area contributed by atoms with Crippen molar-refractivity contribution in [1.82, 2.24) is 14.9 Å². The lowest BCUT2D eigenvalue weighted by atomic mass is 10.1. The Balaban J connectivity index is 1.70. The van der Waals surface area contributed by atoms with Crippen LogP contribution in [-0.4, -0.2) is 47.5 Å². The van der Waals surface area contributed by atoms with Crippen molar-refractivity contribution in [2.75, 3.05) is 26.3 Å². The van der Waals surface area contributed by atoms with Gasteiger partial charge in [0.25, 0.3) is 0 Å². The molecular weight excluding hydrogens is 330 g/mol. The van der Waals surface area contributed by atoms with E-state index in [1.807, 2.05) is 4.90 Å². The second kappa shape index (κ2) is 7.98. The Labute approximate surface area is 144 Å². The SMILES string of the molecule is CC(Oc1ncc(F)c(N=CN2CCOCC2)n1)c1ccc(F)cc1. The summed E-state index contributed by atoms with van der Waals surface area (Å²) in [6.45, 7) is 4.39. The molecule has 0 bridgehead atoms. The van der Waals surface area contributed by atoms with E-state index in [-0.39, 0.29) is 17.6 Å². The first-order valence-electron chi connectivity index (χ1n) is 7.92. The van der Waals surface area contributed by atoms with Gasteiger partial charge in [0, 0.05) is 13.1 Å². The fourth-order valence-corrected chi connectivity index (χ4v) is 2.28. The molecule has 3 rings (SSSR count). The van der Waals surface area contributed by atoms with Gasteiger partial charge >= 0.3 is 6.01 Å². The smallest absolute Gasteiger partial charge is 0.319 e. The van der Waals surface area contributed by atoms with Gasteiger partial charge in [0.1, 0.15) is 11.9 Å². The van der Waals surface area contributed by atoms with Gasteiger partial charge in [0.15, 0.2) is 11.6 Å². The van der Waals surface area contributed by atoms with Crippen molar-refractivity contribution in [3.05, 3.63) is 47.7 Å². The Morgan fingerprint density at radius 2 is 1.96 bits per heavy atom. The van der Waals surface area contributed by atoms with Gasteiger partial charge in [0.2, 0.25) is 0 Å². The zero-order chi connectivity index (χ0) is 17.6. The first-order chi connectivity index (χ1) is 12.1. The molecule has 2 aromatic rings. The normalized spacial score (nSPS) is 16.2.